The number of carbonyl (C=O) groups excluding carboxylic acids is 1. The van der Waals surface area contributed by atoms with Crippen molar-refractivity contribution in [1.82, 2.24) is 10.2 Å². The van der Waals surface area contributed by atoms with Crippen LogP contribution in [0, 0.1) is 5.92 Å². The molecule has 140 valence electrons. The van der Waals surface area contributed by atoms with Crippen LogP contribution in [0.1, 0.15) is 51.1 Å². The quantitative estimate of drug-likeness (QED) is 0.759. The highest BCUT2D eigenvalue weighted by Gasteiger charge is 2.24. The Morgan fingerprint density at radius 2 is 1.84 bits per heavy atom. The number of piperidine rings is 1. The molecule has 1 aliphatic rings. The molecule has 0 radical (unpaired) electrons. The van der Waals surface area contributed by atoms with Gasteiger partial charge in [0, 0.05) is 6.54 Å². The first kappa shape index (κ1) is 19.7. The molecule has 1 aliphatic heterocycles. The van der Waals surface area contributed by atoms with Gasteiger partial charge in [-0.3, -0.25) is 9.69 Å². The van der Waals surface area contributed by atoms with Crippen molar-refractivity contribution in [3.05, 3.63) is 29.8 Å². The lowest BCUT2D eigenvalue weighted by atomic mass is 10.0. The molecule has 1 unspecified atom stereocenters. The third-order valence-corrected chi connectivity index (χ3v) is 4.86. The molecule has 5 heteroatoms. The van der Waals surface area contributed by atoms with Crippen molar-refractivity contribution in [2.24, 2.45) is 11.7 Å². The van der Waals surface area contributed by atoms with Crippen LogP contribution in [0.25, 0.3) is 0 Å². The Morgan fingerprint density at radius 1 is 1.20 bits per heavy atom. The summed E-state index contributed by atoms with van der Waals surface area (Å²) in [6.45, 7) is 6.91. The maximum absolute atomic E-state index is 12.3. The molecule has 1 amide bonds. The highest BCUT2D eigenvalue weighted by Crippen LogP contribution is 2.26. The van der Waals surface area contributed by atoms with Gasteiger partial charge in [0.05, 0.1) is 19.2 Å². The summed E-state index contributed by atoms with van der Waals surface area (Å²) in [4.78, 5) is 14.8. The fourth-order valence-electron chi connectivity index (χ4n) is 3.46. The van der Waals surface area contributed by atoms with Gasteiger partial charge in [-0.25, -0.2) is 0 Å². The predicted octanol–water partition coefficient (Wildman–Crippen LogP) is 2.71. The zero-order chi connectivity index (χ0) is 18.2. The summed E-state index contributed by atoms with van der Waals surface area (Å²) < 4.78 is 5.26. The number of carbonyl (C=O) groups is 1. The van der Waals surface area contributed by atoms with Crippen molar-refractivity contribution < 1.29 is 9.53 Å². The van der Waals surface area contributed by atoms with E-state index in [2.05, 4.69) is 36.2 Å². The zero-order valence-electron chi connectivity index (χ0n) is 15.8. The first-order chi connectivity index (χ1) is 12.0. The van der Waals surface area contributed by atoms with Crippen LogP contribution in [-0.4, -0.2) is 43.6 Å². The van der Waals surface area contributed by atoms with E-state index < -0.39 is 6.04 Å². The van der Waals surface area contributed by atoms with Gasteiger partial charge in [0.25, 0.3) is 0 Å². The van der Waals surface area contributed by atoms with Gasteiger partial charge in [-0.05, 0) is 56.0 Å². The van der Waals surface area contributed by atoms with Gasteiger partial charge in [-0.2, -0.15) is 0 Å². The number of hydrogen-bond acceptors (Lipinski definition) is 4. The van der Waals surface area contributed by atoms with Crippen LogP contribution < -0.4 is 15.8 Å². The maximum atomic E-state index is 12.3. The first-order valence-electron chi connectivity index (χ1n) is 9.42. The molecule has 1 aromatic carbocycles. The minimum Gasteiger partial charge on any atom is -0.497 e. The number of ether oxygens (including phenoxy) is 1. The van der Waals surface area contributed by atoms with Gasteiger partial charge in [0.15, 0.2) is 0 Å². The van der Waals surface area contributed by atoms with Crippen LogP contribution in [0.15, 0.2) is 24.3 Å². The molecule has 1 fully saturated rings. The second-order valence-electron chi connectivity index (χ2n) is 7.37. The summed E-state index contributed by atoms with van der Waals surface area (Å²) in [5.41, 5.74) is 7.23. The van der Waals surface area contributed by atoms with Gasteiger partial charge < -0.3 is 15.8 Å². The number of rotatable bonds is 8. The lowest BCUT2D eigenvalue weighted by molar-refractivity contribution is -0.123. The van der Waals surface area contributed by atoms with E-state index in [1.165, 1.54) is 24.8 Å². The van der Waals surface area contributed by atoms with Gasteiger partial charge >= 0.3 is 0 Å². The molecule has 3 N–H and O–H groups in total. The third-order valence-electron chi connectivity index (χ3n) is 4.86. The number of hydrogen-bond donors (Lipinski definition) is 2. The molecule has 0 saturated carbocycles. The molecule has 5 nitrogen and oxygen atoms in total. The second kappa shape index (κ2) is 9.78. The Kier molecular flexibility index (Phi) is 7.72. The van der Waals surface area contributed by atoms with Crippen LogP contribution in [0.2, 0.25) is 0 Å². The van der Waals surface area contributed by atoms with Gasteiger partial charge in [-0.1, -0.05) is 32.4 Å². The van der Waals surface area contributed by atoms with Crippen molar-refractivity contribution in [3.8, 4) is 5.75 Å². The second-order valence-corrected chi connectivity index (χ2v) is 7.37. The van der Waals surface area contributed by atoms with E-state index in [1.807, 2.05) is 12.1 Å². The summed E-state index contributed by atoms with van der Waals surface area (Å²) >= 11 is 0. The molecule has 1 saturated heterocycles. The van der Waals surface area contributed by atoms with E-state index in [1.54, 1.807) is 7.11 Å². The molecule has 1 heterocycles. The number of nitrogens with one attached hydrogen (secondary N) is 1. The van der Waals surface area contributed by atoms with Crippen molar-refractivity contribution in [1.29, 1.82) is 0 Å². The van der Waals surface area contributed by atoms with E-state index in [-0.39, 0.29) is 11.9 Å². The first-order valence-corrected chi connectivity index (χ1v) is 9.42. The monoisotopic (exact) mass is 347 g/mol. The van der Waals surface area contributed by atoms with Gasteiger partial charge in [-0.15, -0.1) is 0 Å². The zero-order valence-corrected chi connectivity index (χ0v) is 15.8. The summed E-state index contributed by atoms with van der Waals surface area (Å²) in [6, 6.07) is 7.91. The summed E-state index contributed by atoms with van der Waals surface area (Å²) in [6.07, 6.45) is 4.43. The molecule has 2 atom stereocenters. The Morgan fingerprint density at radius 3 is 2.40 bits per heavy atom. The average Bonchev–Trinajstić information content (AvgIpc) is 2.62. The minimum atomic E-state index is -0.433. The number of likely N-dealkylation sites (tertiary alicyclic amines) is 1. The Labute approximate surface area is 151 Å². The maximum Gasteiger partial charge on any atom is 0.236 e. The molecular weight excluding hydrogens is 314 g/mol. The lowest BCUT2D eigenvalue weighted by Gasteiger charge is -2.35. The fourth-order valence-corrected chi connectivity index (χ4v) is 3.46. The molecule has 0 bridgehead atoms. The molecule has 0 aliphatic carbocycles. The molecule has 1 aromatic rings. The van der Waals surface area contributed by atoms with Crippen LogP contribution in [0.3, 0.4) is 0 Å². The van der Waals surface area contributed by atoms with E-state index in [0.717, 1.165) is 18.8 Å². The molecule has 2 rings (SSSR count). The van der Waals surface area contributed by atoms with Crippen molar-refractivity contribution >= 4 is 5.91 Å². The van der Waals surface area contributed by atoms with E-state index in [0.29, 0.717) is 18.9 Å². The number of nitrogens with zero attached hydrogens (tertiary/aromatic N) is 1. The average molecular weight is 348 g/mol. The van der Waals surface area contributed by atoms with Crippen LogP contribution >= 0.6 is 0 Å². The lowest BCUT2D eigenvalue weighted by Crippen LogP contribution is -2.46. The number of benzene rings is 1. The highest BCUT2D eigenvalue weighted by molar-refractivity contribution is 5.81. The van der Waals surface area contributed by atoms with E-state index >= 15 is 0 Å². The Hall–Kier alpha value is -1.59. The summed E-state index contributed by atoms with van der Waals surface area (Å²) in [7, 11) is 1.67. The van der Waals surface area contributed by atoms with Crippen LogP contribution in [0.5, 0.6) is 5.75 Å². The molecule has 0 aromatic heterocycles. The molecule has 0 spiro atoms. The highest BCUT2D eigenvalue weighted by atomic mass is 16.5. The third kappa shape index (κ3) is 6.01. The van der Waals surface area contributed by atoms with Gasteiger partial charge in [0.1, 0.15) is 5.75 Å². The Bertz CT molecular complexity index is 524. The topological polar surface area (TPSA) is 67.6 Å². The molecule has 25 heavy (non-hydrogen) atoms. The van der Waals surface area contributed by atoms with Crippen LogP contribution in [0.4, 0.5) is 0 Å². The van der Waals surface area contributed by atoms with Gasteiger partial charge in [0.2, 0.25) is 5.91 Å². The largest absolute Gasteiger partial charge is 0.497 e. The number of amides is 1. The standard InChI is InChI=1S/C20H33N3O2/c1-15(2)13-18(21)20(24)22-14-19(23-11-5-4-6-12-23)16-7-9-17(25-3)10-8-16/h7-10,15,18-19H,4-6,11-14,21H2,1-3H3,(H,22,24)/t18-,19?/m0/s1. The molecular formula is C20H33N3O2. The Balaban J connectivity index is 2.04. The summed E-state index contributed by atoms with van der Waals surface area (Å²) in [5.74, 6) is 1.22. The van der Waals surface area contributed by atoms with E-state index in [4.69, 9.17) is 10.5 Å². The van der Waals surface area contributed by atoms with Crippen LogP contribution in [-0.2, 0) is 4.79 Å². The normalized spacial score (nSPS) is 18.0. The predicted molar refractivity (Wildman–Crippen MR) is 102 cm³/mol. The van der Waals surface area contributed by atoms with Crippen molar-refractivity contribution in [3.63, 3.8) is 0 Å². The number of nitrogens with two attached hydrogens (primary N) is 1. The number of methoxy groups -OCH3 is 1. The van der Waals surface area contributed by atoms with Crippen molar-refractivity contribution in [2.45, 2.75) is 51.6 Å². The smallest absolute Gasteiger partial charge is 0.236 e. The minimum absolute atomic E-state index is 0.0516. The van der Waals surface area contributed by atoms with Crippen molar-refractivity contribution in [2.75, 3.05) is 26.7 Å². The fraction of sp³-hybridized carbons (Fsp3) is 0.650. The SMILES string of the molecule is COc1ccc(C(CNC(=O)[C@@H](N)CC(C)C)N2CCCCC2)cc1. The van der Waals surface area contributed by atoms with E-state index in [9.17, 15) is 4.79 Å². The summed E-state index contributed by atoms with van der Waals surface area (Å²) in [5, 5.41) is 3.08.